The topological polar surface area (TPSA) is 65.5 Å². The molecule has 0 saturated carbocycles. The number of thiazole rings is 1. The van der Waals surface area contributed by atoms with Gasteiger partial charge in [0.2, 0.25) is 0 Å². The Kier molecular flexibility index (Phi) is 6.77. The standard InChI is InChI=1S/C24H25ClN4O2S/c1-16(2)29(24(31)26-20-9-5-8-19(25)12-20)14-22-27-21(15-32-22)23(30)28-11-10-17-6-3-4-7-18(17)13-28/h3-9,12,15-16H,10-11,13-14H2,1-2H3,(H,26,31). The van der Waals surface area contributed by atoms with Crippen molar-refractivity contribution in [1.82, 2.24) is 14.8 Å². The zero-order chi connectivity index (χ0) is 22.7. The summed E-state index contributed by atoms with van der Waals surface area (Å²) in [6.07, 6.45) is 0.851. The third kappa shape index (κ3) is 5.11. The molecule has 0 spiro atoms. The molecular formula is C24H25ClN4O2S. The molecule has 0 aliphatic carbocycles. The van der Waals surface area contributed by atoms with E-state index in [0.717, 1.165) is 11.4 Å². The molecule has 0 saturated heterocycles. The zero-order valence-corrected chi connectivity index (χ0v) is 19.6. The summed E-state index contributed by atoms with van der Waals surface area (Å²) in [5.41, 5.74) is 3.55. The zero-order valence-electron chi connectivity index (χ0n) is 18.0. The van der Waals surface area contributed by atoms with Crippen molar-refractivity contribution in [2.45, 2.75) is 39.4 Å². The van der Waals surface area contributed by atoms with Crippen molar-refractivity contribution in [3.05, 3.63) is 80.8 Å². The molecule has 4 rings (SSSR count). The van der Waals surface area contributed by atoms with Crippen LogP contribution in [0, 0.1) is 0 Å². The van der Waals surface area contributed by atoms with Crippen molar-refractivity contribution in [2.75, 3.05) is 11.9 Å². The van der Waals surface area contributed by atoms with E-state index in [9.17, 15) is 9.59 Å². The highest BCUT2D eigenvalue weighted by molar-refractivity contribution is 7.09. The van der Waals surface area contributed by atoms with E-state index in [-0.39, 0.29) is 18.0 Å². The van der Waals surface area contributed by atoms with E-state index in [1.165, 1.54) is 22.5 Å². The smallest absolute Gasteiger partial charge is 0.322 e. The molecule has 3 amide bonds. The van der Waals surface area contributed by atoms with E-state index in [2.05, 4.69) is 22.4 Å². The Morgan fingerprint density at radius 1 is 1.19 bits per heavy atom. The number of carbonyl (C=O) groups is 2. The second kappa shape index (κ2) is 9.71. The lowest BCUT2D eigenvalue weighted by Crippen LogP contribution is -2.39. The van der Waals surface area contributed by atoms with Crippen LogP contribution in [0.15, 0.2) is 53.9 Å². The highest BCUT2D eigenvalue weighted by Crippen LogP contribution is 2.22. The fraction of sp³-hybridized carbons (Fsp3) is 0.292. The molecule has 3 aromatic rings. The van der Waals surface area contributed by atoms with E-state index in [1.54, 1.807) is 34.5 Å². The van der Waals surface area contributed by atoms with Crippen molar-refractivity contribution in [1.29, 1.82) is 0 Å². The number of benzene rings is 2. The van der Waals surface area contributed by atoms with Gasteiger partial charge < -0.3 is 15.1 Å². The Morgan fingerprint density at radius 3 is 2.72 bits per heavy atom. The minimum absolute atomic E-state index is 0.0455. The van der Waals surface area contributed by atoms with E-state index >= 15 is 0 Å². The number of amides is 3. The number of carbonyl (C=O) groups excluding carboxylic acids is 2. The van der Waals surface area contributed by atoms with Crippen LogP contribution >= 0.6 is 22.9 Å². The molecule has 6 nitrogen and oxygen atoms in total. The number of aromatic nitrogens is 1. The fourth-order valence-corrected chi connectivity index (χ4v) is 4.67. The number of fused-ring (bicyclic) bond motifs is 1. The van der Waals surface area contributed by atoms with Crippen LogP contribution in [-0.4, -0.2) is 39.3 Å². The molecule has 166 valence electrons. The lowest BCUT2D eigenvalue weighted by atomic mass is 10.00. The molecule has 1 aromatic heterocycles. The largest absolute Gasteiger partial charge is 0.333 e. The van der Waals surface area contributed by atoms with Crippen LogP contribution in [0.1, 0.15) is 40.5 Å². The highest BCUT2D eigenvalue weighted by atomic mass is 35.5. The summed E-state index contributed by atoms with van der Waals surface area (Å²) >= 11 is 7.41. The number of anilines is 1. The van der Waals surface area contributed by atoms with Gasteiger partial charge in [-0.3, -0.25) is 4.79 Å². The number of nitrogens with one attached hydrogen (secondary N) is 1. The van der Waals surface area contributed by atoms with Crippen molar-refractivity contribution >= 4 is 40.6 Å². The van der Waals surface area contributed by atoms with Crippen LogP contribution < -0.4 is 5.32 Å². The first-order chi connectivity index (χ1) is 15.4. The van der Waals surface area contributed by atoms with Gasteiger partial charge in [-0.1, -0.05) is 41.9 Å². The van der Waals surface area contributed by atoms with Gasteiger partial charge in [0, 0.05) is 35.2 Å². The van der Waals surface area contributed by atoms with E-state index in [1.807, 2.05) is 30.9 Å². The second-order valence-corrected chi connectivity index (χ2v) is 9.41. The summed E-state index contributed by atoms with van der Waals surface area (Å²) in [6, 6.07) is 15.0. The lowest BCUT2D eigenvalue weighted by Gasteiger charge is -2.28. The SMILES string of the molecule is CC(C)N(Cc1nc(C(=O)N2CCc3ccccc3C2)cs1)C(=O)Nc1cccc(Cl)c1. The van der Waals surface area contributed by atoms with Gasteiger partial charge in [0.25, 0.3) is 5.91 Å². The summed E-state index contributed by atoms with van der Waals surface area (Å²) < 4.78 is 0. The van der Waals surface area contributed by atoms with Crippen LogP contribution in [-0.2, 0) is 19.5 Å². The first-order valence-electron chi connectivity index (χ1n) is 10.5. The monoisotopic (exact) mass is 468 g/mol. The molecule has 0 radical (unpaired) electrons. The summed E-state index contributed by atoms with van der Waals surface area (Å²) in [5.74, 6) is -0.0681. The molecule has 1 N–H and O–H groups in total. The van der Waals surface area contributed by atoms with Crippen molar-refractivity contribution in [3.8, 4) is 0 Å². The Labute approximate surface area is 196 Å². The quantitative estimate of drug-likeness (QED) is 0.542. The summed E-state index contributed by atoms with van der Waals surface area (Å²) in [4.78, 5) is 33.9. The molecular weight excluding hydrogens is 444 g/mol. The summed E-state index contributed by atoms with van der Waals surface area (Å²) in [5, 5.41) is 5.94. The van der Waals surface area contributed by atoms with Gasteiger partial charge in [0.15, 0.2) is 0 Å². The molecule has 2 heterocycles. The third-order valence-electron chi connectivity index (χ3n) is 5.45. The average molecular weight is 469 g/mol. The molecule has 1 aliphatic rings. The summed E-state index contributed by atoms with van der Waals surface area (Å²) in [6.45, 7) is 5.50. The third-order valence-corrected chi connectivity index (χ3v) is 6.52. The predicted molar refractivity (Wildman–Crippen MR) is 128 cm³/mol. The normalized spacial score (nSPS) is 13.1. The van der Waals surface area contributed by atoms with Gasteiger partial charge in [-0.2, -0.15) is 0 Å². The van der Waals surface area contributed by atoms with Crippen LogP contribution in [0.4, 0.5) is 10.5 Å². The Balaban J connectivity index is 1.42. The van der Waals surface area contributed by atoms with E-state index in [0.29, 0.717) is 36.0 Å². The van der Waals surface area contributed by atoms with Crippen LogP contribution in [0.25, 0.3) is 0 Å². The Morgan fingerprint density at radius 2 is 1.97 bits per heavy atom. The average Bonchev–Trinajstić information content (AvgIpc) is 3.25. The molecule has 2 aromatic carbocycles. The number of nitrogens with zero attached hydrogens (tertiary/aromatic N) is 3. The number of hydrogen-bond acceptors (Lipinski definition) is 4. The van der Waals surface area contributed by atoms with Gasteiger partial charge in [0.05, 0.1) is 6.54 Å². The van der Waals surface area contributed by atoms with Crippen molar-refractivity contribution in [3.63, 3.8) is 0 Å². The lowest BCUT2D eigenvalue weighted by molar-refractivity contribution is 0.0729. The number of rotatable bonds is 5. The molecule has 8 heteroatoms. The molecule has 0 fully saturated rings. The number of hydrogen-bond donors (Lipinski definition) is 1. The van der Waals surface area contributed by atoms with E-state index in [4.69, 9.17) is 11.6 Å². The van der Waals surface area contributed by atoms with Gasteiger partial charge in [-0.25, -0.2) is 9.78 Å². The van der Waals surface area contributed by atoms with Crippen molar-refractivity contribution < 1.29 is 9.59 Å². The maximum Gasteiger partial charge on any atom is 0.322 e. The molecule has 0 bridgehead atoms. The Bertz CT molecular complexity index is 1130. The van der Waals surface area contributed by atoms with Crippen LogP contribution in [0.5, 0.6) is 0 Å². The first-order valence-corrected chi connectivity index (χ1v) is 11.8. The number of urea groups is 1. The van der Waals surface area contributed by atoms with Crippen molar-refractivity contribution in [2.24, 2.45) is 0 Å². The van der Waals surface area contributed by atoms with Gasteiger partial charge in [-0.05, 0) is 49.6 Å². The first kappa shape index (κ1) is 22.3. The Hall–Kier alpha value is -2.90. The number of halogens is 1. The van der Waals surface area contributed by atoms with Gasteiger partial charge >= 0.3 is 6.03 Å². The minimum atomic E-state index is -0.238. The summed E-state index contributed by atoms with van der Waals surface area (Å²) in [7, 11) is 0. The molecule has 0 unspecified atom stereocenters. The molecule has 1 aliphatic heterocycles. The minimum Gasteiger partial charge on any atom is -0.333 e. The maximum absolute atomic E-state index is 13.0. The van der Waals surface area contributed by atoms with Crippen LogP contribution in [0.3, 0.4) is 0 Å². The van der Waals surface area contributed by atoms with E-state index < -0.39 is 0 Å². The fourth-order valence-electron chi connectivity index (χ4n) is 3.71. The predicted octanol–water partition coefficient (Wildman–Crippen LogP) is 5.44. The molecule has 0 atom stereocenters. The maximum atomic E-state index is 13.0. The van der Waals surface area contributed by atoms with Gasteiger partial charge in [0.1, 0.15) is 10.7 Å². The second-order valence-electron chi connectivity index (χ2n) is 8.03. The van der Waals surface area contributed by atoms with Gasteiger partial charge in [-0.15, -0.1) is 11.3 Å². The molecule has 32 heavy (non-hydrogen) atoms. The highest BCUT2D eigenvalue weighted by Gasteiger charge is 2.25. The van der Waals surface area contributed by atoms with Crippen LogP contribution in [0.2, 0.25) is 5.02 Å².